The lowest BCUT2D eigenvalue weighted by Gasteiger charge is -2.13. The minimum Gasteiger partial charge on any atom is -0.298 e. The molecule has 1 saturated heterocycles. The van der Waals surface area contributed by atoms with Crippen LogP contribution < -0.4 is 5.32 Å². The molecule has 1 aromatic rings. The predicted molar refractivity (Wildman–Crippen MR) is 68.6 cm³/mol. The van der Waals surface area contributed by atoms with Crippen LogP contribution in [0.5, 0.6) is 0 Å². The van der Waals surface area contributed by atoms with Crippen molar-refractivity contribution in [2.45, 2.75) is 31.7 Å². The largest absolute Gasteiger partial charge is 0.298 e. The fourth-order valence-corrected chi connectivity index (χ4v) is 3.30. The van der Waals surface area contributed by atoms with E-state index in [2.05, 4.69) is 30.4 Å². The van der Waals surface area contributed by atoms with Gasteiger partial charge < -0.3 is 0 Å². The first-order valence-electron chi connectivity index (χ1n) is 5.34. The van der Waals surface area contributed by atoms with Crippen molar-refractivity contribution in [2.75, 3.05) is 5.75 Å². The fourth-order valence-electron chi connectivity index (χ4n) is 1.72. The van der Waals surface area contributed by atoms with E-state index in [0.29, 0.717) is 11.4 Å². The van der Waals surface area contributed by atoms with Crippen molar-refractivity contribution in [3.05, 3.63) is 34.3 Å². The molecule has 1 aromatic carbocycles. The van der Waals surface area contributed by atoms with Gasteiger partial charge in [-0.25, -0.2) is 0 Å². The molecule has 0 aromatic heterocycles. The number of aryl methyl sites for hydroxylation is 1. The monoisotopic (exact) mass is 241 g/mol. The van der Waals surface area contributed by atoms with Crippen molar-refractivity contribution in [3.8, 4) is 0 Å². The molecule has 0 saturated carbocycles. The van der Waals surface area contributed by atoms with Gasteiger partial charge >= 0.3 is 0 Å². The topological polar surface area (TPSA) is 12.0 Å². The van der Waals surface area contributed by atoms with Gasteiger partial charge in [-0.05, 0) is 30.5 Å². The van der Waals surface area contributed by atoms with Gasteiger partial charge in [0.2, 0.25) is 0 Å². The summed E-state index contributed by atoms with van der Waals surface area (Å²) in [5.41, 5.74) is 2.45. The Morgan fingerprint density at radius 3 is 2.93 bits per heavy atom. The summed E-state index contributed by atoms with van der Waals surface area (Å²) in [4.78, 5) is 0. The van der Waals surface area contributed by atoms with Crippen LogP contribution in [-0.4, -0.2) is 11.8 Å². The maximum Gasteiger partial charge on any atom is 0.0792 e. The molecule has 0 aliphatic carbocycles. The van der Waals surface area contributed by atoms with Crippen LogP contribution in [0.3, 0.4) is 0 Å². The predicted octanol–water partition coefficient (Wildman–Crippen LogP) is 3.76. The number of benzene rings is 1. The van der Waals surface area contributed by atoms with Crippen LogP contribution in [0.25, 0.3) is 0 Å². The second kappa shape index (κ2) is 4.77. The summed E-state index contributed by atoms with van der Waals surface area (Å²) < 4.78 is 0. The van der Waals surface area contributed by atoms with Crippen LogP contribution in [0.15, 0.2) is 18.2 Å². The molecule has 1 heterocycles. The number of hydrogen-bond acceptors (Lipinski definition) is 2. The molecule has 2 rings (SSSR count). The summed E-state index contributed by atoms with van der Waals surface area (Å²) in [5.74, 6) is 1.20. The Hall–Kier alpha value is -0.180. The van der Waals surface area contributed by atoms with Crippen LogP contribution in [0, 0.1) is 6.92 Å². The SMILES string of the molecule is CCC1CSC(c2ccc(C)c(Cl)c2)N1. The quantitative estimate of drug-likeness (QED) is 0.846. The van der Waals surface area contributed by atoms with E-state index in [-0.39, 0.29) is 0 Å². The van der Waals surface area contributed by atoms with Gasteiger partial charge in [0, 0.05) is 16.8 Å². The van der Waals surface area contributed by atoms with Gasteiger partial charge in [0.1, 0.15) is 0 Å². The molecule has 3 heteroatoms. The average molecular weight is 242 g/mol. The van der Waals surface area contributed by atoms with Gasteiger partial charge in [0.15, 0.2) is 0 Å². The van der Waals surface area contributed by atoms with Crippen molar-refractivity contribution >= 4 is 23.4 Å². The highest BCUT2D eigenvalue weighted by atomic mass is 35.5. The molecule has 1 nitrogen and oxygen atoms in total. The summed E-state index contributed by atoms with van der Waals surface area (Å²) >= 11 is 8.10. The molecular formula is C12H16ClNS. The molecule has 0 radical (unpaired) electrons. The Morgan fingerprint density at radius 1 is 1.53 bits per heavy atom. The number of halogens is 1. The number of hydrogen-bond donors (Lipinski definition) is 1. The molecule has 2 atom stereocenters. The van der Waals surface area contributed by atoms with E-state index < -0.39 is 0 Å². The zero-order valence-corrected chi connectivity index (χ0v) is 10.7. The van der Waals surface area contributed by atoms with E-state index >= 15 is 0 Å². The van der Waals surface area contributed by atoms with E-state index in [0.717, 1.165) is 10.6 Å². The first-order valence-corrected chi connectivity index (χ1v) is 6.77. The smallest absolute Gasteiger partial charge is 0.0792 e. The Morgan fingerprint density at radius 2 is 2.33 bits per heavy atom. The summed E-state index contributed by atoms with van der Waals surface area (Å²) in [6, 6.07) is 7.00. The van der Waals surface area contributed by atoms with E-state index in [1.165, 1.54) is 17.7 Å². The molecule has 0 amide bonds. The summed E-state index contributed by atoms with van der Waals surface area (Å²) in [6.07, 6.45) is 1.20. The lowest BCUT2D eigenvalue weighted by molar-refractivity contribution is 0.561. The van der Waals surface area contributed by atoms with Gasteiger partial charge in [-0.3, -0.25) is 5.32 Å². The molecule has 1 N–H and O–H groups in total. The van der Waals surface area contributed by atoms with Crippen molar-refractivity contribution in [2.24, 2.45) is 0 Å². The minimum absolute atomic E-state index is 0.424. The Labute approximate surface area is 101 Å². The van der Waals surface area contributed by atoms with Gasteiger partial charge in [-0.2, -0.15) is 0 Å². The molecule has 2 unspecified atom stereocenters. The van der Waals surface area contributed by atoms with Crippen molar-refractivity contribution in [1.29, 1.82) is 0 Å². The number of rotatable bonds is 2. The number of thioether (sulfide) groups is 1. The van der Waals surface area contributed by atoms with E-state index in [1.54, 1.807) is 0 Å². The molecule has 15 heavy (non-hydrogen) atoms. The van der Waals surface area contributed by atoms with Gasteiger partial charge in [0.05, 0.1) is 5.37 Å². The van der Waals surface area contributed by atoms with Gasteiger partial charge in [-0.15, -0.1) is 11.8 Å². The average Bonchev–Trinajstić information content (AvgIpc) is 2.70. The Balaban J connectivity index is 2.13. The molecule has 1 fully saturated rings. The zero-order chi connectivity index (χ0) is 10.8. The third kappa shape index (κ3) is 2.49. The van der Waals surface area contributed by atoms with E-state index in [4.69, 9.17) is 11.6 Å². The van der Waals surface area contributed by atoms with Gasteiger partial charge in [-0.1, -0.05) is 30.7 Å². The molecule has 82 valence electrons. The fraction of sp³-hybridized carbons (Fsp3) is 0.500. The van der Waals surface area contributed by atoms with E-state index in [9.17, 15) is 0 Å². The molecule has 0 bridgehead atoms. The lowest BCUT2D eigenvalue weighted by Crippen LogP contribution is -2.24. The summed E-state index contributed by atoms with van der Waals surface area (Å²) in [6.45, 7) is 4.26. The van der Waals surface area contributed by atoms with Crippen molar-refractivity contribution in [3.63, 3.8) is 0 Å². The highest BCUT2D eigenvalue weighted by Crippen LogP contribution is 2.34. The van der Waals surface area contributed by atoms with Crippen LogP contribution in [0.2, 0.25) is 5.02 Å². The third-order valence-corrected chi connectivity index (χ3v) is 4.59. The third-order valence-electron chi connectivity index (χ3n) is 2.84. The summed E-state index contributed by atoms with van der Waals surface area (Å²) in [7, 11) is 0. The highest BCUT2D eigenvalue weighted by molar-refractivity contribution is 7.99. The zero-order valence-electron chi connectivity index (χ0n) is 9.09. The first-order chi connectivity index (χ1) is 7.20. The first kappa shape index (κ1) is 11.3. The molecule has 0 spiro atoms. The Bertz CT molecular complexity index is 353. The maximum atomic E-state index is 6.13. The van der Waals surface area contributed by atoms with Crippen LogP contribution in [0.4, 0.5) is 0 Å². The summed E-state index contributed by atoms with van der Waals surface area (Å²) in [5, 5.41) is 4.90. The molecular weight excluding hydrogens is 226 g/mol. The second-order valence-electron chi connectivity index (χ2n) is 3.99. The Kier molecular flexibility index (Phi) is 3.60. The standard InChI is InChI=1S/C12H16ClNS/c1-3-10-7-15-12(14-10)9-5-4-8(2)11(13)6-9/h4-6,10,12,14H,3,7H2,1-2H3. The van der Waals surface area contributed by atoms with Crippen LogP contribution in [-0.2, 0) is 0 Å². The maximum absolute atomic E-state index is 6.13. The van der Waals surface area contributed by atoms with Crippen molar-refractivity contribution < 1.29 is 0 Å². The normalized spacial score (nSPS) is 25.8. The van der Waals surface area contributed by atoms with E-state index in [1.807, 2.05) is 18.7 Å². The number of nitrogens with one attached hydrogen (secondary N) is 1. The molecule has 1 aliphatic heterocycles. The van der Waals surface area contributed by atoms with Crippen molar-refractivity contribution in [1.82, 2.24) is 5.32 Å². The minimum atomic E-state index is 0.424. The molecule has 1 aliphatic rings. The van der Waals surface area contributed by atoms with Gasteiger partial charge in [0.25, 0.3) is 0 Å². The second-order valence-corrected chi connectivity index (χ2v) is 5.54. The lowest BCUT2D eigenvalue weighted by atomic mass is 10.1. The highest BCUT2D eigenvalue weighted by Gasteiger charge is 2.24. The van der Waals surface area contributed by atoms with Crippen LogP contribution >= 0.6 is 23.4 Å². The van der Waals surface area contributed by atoms with Crippen LogP contribution in [0.1, 0.15) is 29.8 Å².